The first kappa shape index (κ1) is 12.0. The lowest BCUT2D eigenvalue weighted by atomic mass is 10.4. The molecule has 0 bridgehead atoms. The van der Waals surface area contributed by atoms with Gasteiger partial charge in [0.05, 0.1) is 6.61 Å². The molecule has 0 aliphatic heterocycles. The van der Waals surface area contributed by atoms with Gasteiger partial charge in [0, 0.05) is 14.7 Å². The lowest BCUT2D eigenvalue weighted by Crippen LogP contribution is -2.28. The van der Waals surface area contributed by atoms with E-state index < -0.39 is 12.3 Å². The van der Waals surface area contributed by atoms with Gasteiger partial charge in [0.15, 0.2) is 6.10 Å². The van der Waals surface area contributed by atoms with Crippen LogP contribution in [0.1, 0.15) is 11.8 Å². The Balaban J connectivity index is 2.41. The van der Waals surface area contributed by atoms with Crippen LogP contribution < -0.4 is 0 Å². The number of alkyl halides is 3. The van der Waals surface area contributed by atoms with Crippen LogP contribution in [0.4, 0.5) is 13.2 Å². The van der Waals surface area contributed by atoms with E-state index in [0.717, 1.165) is 16.3 Å². The summed E-state index contributed by atoms with van der Waals surface area (Å²) in [7, 11) is 0. The molecule has 0 N–H and O–H groups in total. The summed E-state index contributed by atoms with van der Waals surface area (Å²) < 4.78 is 41.6. The minimum Gasteiger partial charge on any atom is -0.364 e. The fraction of sp³-hybridized carbons (Fsp3) is 0.500. The molecule has 1 heterocycles. The van der Waals surface area contributed by atoms with Crippen molar-refractivity contribution in [1.82, 2.24) is 0 Å². The van der Waals surface area contributed by atoms with E-state index in [1.54, 1.807) is 11.4 Å². The van der Waals surface area contributed by atoms with Crippen molar-refractivity contribution >= 4 is 27.3 Å². The molecule has 1 rings (SSSR count). The zero-order chi connectivity index (χ0) is 10.8. The average Bonchev–Trinajstić information content (AvgIpc) is 2.45. The highest BCUT2D eigenvalue weighted by atomic mass is 79.9. The molecule has 0 amide bonds. The number of rotatable bonds is 3. The van der Waals surface area contributed by atoms with Crippen LogP contribution in [0.15, 0.2) is 15.9 Å². The maximum absolute atomic E-state index is 12.0. The molecule has 0 aromatic carbocycles. The topological polar surface area (TPSA) is 9.23 Å². The molecule has 1 atom stereocenters. The molecule has 0 saturated heterocycles. The number of hydrogen-bond donors (Lipinski definition) is 0. The third-order valence-corrected chi connectivity index (χ3v) is 3.23. The summed E-state index contributed by atoms with van der Waals surface area (Å²) in [4.78, 5) is 0.771. The van der Waals surface area contributed by atoms with Gasteiger partial charge in [-0.1, -0.05) is 0 Å². The van der Waals surface area contributed by atoms with E-state index in [-0.39, 0.29) is 6.61 Å². The highest BCUT2D eigenvalue weighted by molar-refractivity contribution is 9.10. The van der Waals surface area contributed by atoms with Crippen LogP contribution in [-0.2, 0) is 11.3 Å². The third-order valence-electron chi connectivity index (χ3n) is 1.56. The molecule has 1 aromatic heterocycles. The number of thiophene rings is 1. The van der Waals surface area contributed by atoms with E-state index in [1.165, 1.54) is 11.3 Å². The Labute approximate surface area is 92.0 Å². The summed E-state index contributed by atoms with van der Waals surface area (Å²) in [5.74, 6) is 0. The highest BCUT2D eigenvalue weighted by Crippen LogP contribution is 2.25. The van der Waals surface area contributed by atoms with Crippen molar-refractivity contribution in [2.45, 2.75) is 25.8 Å². The molecule has 80 valence electrons. The predicted octanol–water partition coefficient (Wildman–Crippen LogP) is 3.98. The van der Waals surface area contributed by atoms with Crippen LogP contribution in [0.2, 0.25) is 0 Å². The molecule has 1 nitrogen and oxygen atoms in total. The van der Waals surface area contributed by atoms with Gasteiger partial charge in [0.2, 0.25) is 0 Å². The zero-order valence-electron chi connectivity index (χ0n) is 7.27. The first-order valence-corrected chi connectivity index (χ1v) is 5.48. The van der Waals surface area contributed by atoms with E-state index in [1.807, 2.05) is 0 Å². The standard InChI is InChI=1S/C8H8BrF3OS/c1-5(8(10,11)12)13-3-7-2-6(9)4-14-7/h2,4-5H,3H2,1H3. The second-order valence-electron chi connectivity index (χ2n) is 2.73. The fourth-order valence-electron chi connectivity index (χ4n) is 0.731. The molecular formula is C8H8BrF3OS. The van der Waals surface area contributed by atoms with Crippen molar-refractivity contribution in [3.63, 3.8) is 0 Å². The van der Waals surface area contributed by atoms with Gasteiger partial charge in [-0.15, -0.1) is 11.3 Å². The molecule has 0 aliphatic carbocycles. The maximum Gasteiger partial charge on any atom is 0.414 e. The van der Waals surface area contributed by atoms with Crippen LogP contribution in [0, 0.1) is 0 Å². The Bertz CT molecular complexity index is 297. The summed E-state index contributed by atoms with van der Waals surface area (Å²) >= 11 is 4.57. The molecule has 0 aliphatic rings. The van der Waals surface area contributed by atoms with Gasteiger partial charge in [0.25, 0.3) is 0 Å². The van der Waals surface area contributed by atoms with Gasteiger partial charge in [-0.25, -0.2) is 0 Å². The molecule has 0 saturated carbocycles. The van der Waals surface area contributed by atoms with Gasteiger partial charge >= 0.3 is 6.18 Å². The van der Waals surface area contributed by atoms with Crippen LogP contribution in [0.25, 0.3) is 0 Å². The van der Waals surface area contributed by atoms with Crippen molar-refractivity contribution in [2.24, 2.45) is 0 Å². The number of halogens is 4. The molecular weight excluding hydrogens is 281 g/mol. The summed E-state index contributed by atoms with van der Waals surface area (Å²) in [5, 5.41) is 1.80. The van der Waals surface area contributed by atoms with E-state index in [9.17, 15) is 13.2 Å². The largest absolute Gasteiger partial charge is 0.414 e. The van der Waals surface area contributed by atoms with Crippen LogP contribution in [0.3, 0.4) is 0 Å². The minimum atomic E-state index is -4.28. The van der Waals surface area contributed by atoms with Gasteiger partial charge in [0.1, 0.15) is 0 Å². The summed E-state index contributed by atoms with van der Waals surface area (Å²) in [6.07, 6.45) is -6.00. The molecule has 1 aromatic rings. The lowest BCUT2D eigenvalue weighted by Gasteiger charge is -2.15. The second-order valence-corrected chi connectivity index (χ2v) is 4.64. The van der Waals surface area contributed by atoms with Gasteiger partial charge < -0.3 is 4.74 Å². The maximum atomic E-state index is 12.0. The van der Waals surface area contributed by atoms with Gasteiger partial charge in [-0.05, 0) is 28.9 Å². The lowest BCUT2D eigenvalue weighted by molar-refractivity contribution is -0.217. The van der Waals surface area contributed by atoms with Crippen molar-refractivity contribution < 1.29 is 17.9 Å². The molecule has 0 fully saturated rings. The fourth-order valence-corrected chi connectivity index (χ4v) is 2.10. The normalized spacial score (nSPS) is 14.4. The minimum absolute atomic E-state index is 0.00303. The van der Waals surface area contributed by atoms with Crippen LogP contribution in [-0.4, -0.2) is 12.3 Å². The average molecular weight is 289 g/mol. The summed E-state index contributed by atoms with van der Waals surface area (Å²) in [5.41, 5.74) is 0. The first-order chi connectivity index (χ1) is 6.39. The van der Waals surface area contributed by atoms with E-state index in [4.69, 9.17) is 0 Å². The predicted molar refractivity (Wildman–Crippen MR) is 52.3 cm³/mol. The Hall–Kier alpha value is -0.0700. The van der Waals surface area contributed by atoms with Crippen LogP contribution in [0.5, 0.6) is 0 Å². The summed E-state index contributed by atoms with van der Waals surface area (Å²) in [6, 6.07) is 1.74. The molecule has 0 spiro atoms. The molecule has 6 heteroatoms. The van der Waals surface area contributed by atoms with E-state index in [2.05, 4.69) is 20.7 Å². The Morgan fingerprint density at radius 1 is 1.57 bits per heavy atom. The third kappa shape index (κ3) is 3.59. The Morgan fingerprint density at radius 2 is 2.21 bits per heavy atom. The first-order valence-electron chi connectivity index (χ1n) is 3.81. The number of ether oxygens (including phenoxy) is 1. The zero-order valence-corrected chi connectivity index (χ0v) is 9.67. The van der Waals surface area contributed by atoms with Crippen molar-refractivity contribution in [3.05, 3.63) is 20.8 Å². The Morgan fingerprint density at radius 3 is 2.64 bits per heavy atom. The molecule has 14 heavy (non-hydrogen) atoms. The number of hydrogen-bond acceptors (Lipinski definition) is 2. The van der Waals surface area contributed by atoms with E-state index in [0.29, 0.717) is 0 Å². The van der Waals surface area contributed by atoms with Crippen molar-refractivity contribution in [1.29, 1.82) is 0 Å². The van der Waals surface area contributed by atoms with Crippen molar-refractivity contribution in [3.8, 4) is 0 Å². The quantitative estimate of drug-likeness (QED) is 0.818. The molecule has 0 radical (unpaired) electrons. The van der Waals surface area contributed by atoms with Crippen LogP contribution >= 0.6 is 27.3 Å². The van der Waals surface area contributed by atoms with Crippen molar-refractivity contribution in [2.75, 3.05) is 0 Å². The molecule has 1 unspecified atom stereocenters. The van der Waals surface area contributed by atoms with E-state index >= 15 is 0 Å². The van der Waals surface area contributed by atoms with Gasteiger partial charge in [-0.2, -0.15) is 13.2 Å². The second kappa shape index (κ2) is 4.63. The smallest absolute Gasteiger partial charge is 0.364 e. The van der Waals surface area contributed by atoms with Gasteiger partial charge in [-0.3, -0.25) is 0 Å². The SMILES string of the molecule is CC(OCc1cc(Br)cs1)C(F)(F)F. The summed E-state index contributed by atoms with van der Waals surface area (Å²) in [6.45, 7) is 1.000. The Kier molecular flexibility index (Phi) is 3.97. The monoisotopic (exact) mass is 288 g/mol. The highest BCUT2D eigenvalue weighted by Gasteiger charge is 2.36.